The lowest BCUT2D eigenvalue weighted by molar-refractivity contribution is 0.0949. The third-order valence-corrected chi connectivity index (χ3v) is 4.45. The Hall–Kier alpha value is -2.50. The molecular formula is C19H23FN4O. The van der Waals surface area contributed by atoms with E-state index in [1.54, 1.807) is 30.5 Å². The molecule has 1 aromatic heterocycles. The highest BCUT2D eigenvalue weighted by Crippen LogP contribution is 2.19. The largest absolute Gasteiger partial charge is 0.350 e. The summed E-state index contributed by atoms with van der Waals surface area (Å²) < 4.78 is 13.6. The van der Waals surface area contributed by atoms with Crippen LogP contribution in [-0.4, -0.2) is 35.5 Å². The minimum absolute atomic E-state index is 0.250. The van der Waals surface area contributed by atoms with Crippen molar-refractivity contribution in [2.75, 3.05) is 24.5 Å². The molecule has 2 aromatic rings. The second-order valence-corrected chi connectivity index (χ2v) is 6.53. The molecule has 1 amide bonds. The summed E-state index contributed by atoms with van der Waals surface area (Å²) in [5, 5.41) is 2.80. The van der Waals surface area contributed by atoms with Crippen LogP contribution in [-0.2, 0) is 6.42 Å². The molecule has 1 aromatic carbocycles. The predicted octanol–water partition coefficient (Wildman–Crippen LogP) is 2.82. The SMILES string of the molecule is CC1CCCN(c2nccc(C(=O)NCCc3ccccc3F)n2)C1. The molecule has 1 saturated heterocycles. The number of rotatable bonds is 5. The van der Waals surface area contributed by atoms with Crippen molar-refractivity contribution in [2.24, 2.45) is 5.92 Å². The van der Waals surface area contributed by atoms with Crippen molar-refractivity contribution in [3.63, 3.8) is 0 Å². The molecule has 1 atom stereocenters. The fourth-order valence-corrected chi connectivity index (χ4v) is 3.10. The zero-order chi connectivity index (χ0) is 17.6. The number of nitrogens with one attached hydrogen (secondary N) is 1. The Kier molecular flexibility index (Phi) is 5.58. The van der Waals surface area contributed by atoms with Gasteiger partial charge in [-0.15, -0.1) is 0 Å². The van der Waals surface area contributed by atoms with Crippen LogP contribution in [0.2, 0.25) is 0 Å². The molecule has 0 aliphatic carbocycles. The molecule has 132 valence electrons. The van der Waals surface area contributed by atoms with Crippen LogP contribution in [0.15, 0.2) is 36.5 Å². The first-order valence-electron chi connectivity index (χ1n) is 8.73. The molecule has 1 aliphatic rings. The minimum Gasteiger partial charge on any atom is -0.350 e. The number of hydrogen-bond donors (Lipinski definition) is 1. The maximum atomic E-state index is 13.6. The van der Waals surface area contributed by atoms with Crippen molar-refractivity contribution >= 4 is 11.9 Å². The third-order valence-electron chi connectivity index (χ3n) is 4.45. The van der Waals surface area contributed by atoms with E-state index in [0.29, 0.717) is 36.1 Å². The third kappa shape index (κ3) is 4.53. The molecule has 0 spiro atoms. The number of amides is 1. The fourth-order valence-electron chi connectivity index (χ4n) is 3.10. The average Bonchev–Trinajstić information content (AvgIpc) is 2.63. The molecule has 1 aliphatic heterocycles. The van der Waals surface area contributed by atoms with E-state index < -0.39 is 0 Å². The van der Waals surface area contributed by atoms with Crippen LogP contribution in [0.3, 0.4) is 0 Å². The van der Waals surface area contributed by atoms with E-state index in [9.17, 15) is 9.18 Å². The lowest BCUT2D eigenvalue weighted by Crippen LogP contribution is -2.36. The molecule has 1 fully saturated rings. The molecule has 25 heavy (non-hydrogen) atoms. The summed E-state index contributed by atoms with van der Waals surface area (Å²) in [5.74, 6) is 0.703. The zero-order valence-electron chi connectivity index (χ0n) is 14.4. The van der Waals surface area contributed by atoms with Crippen molar-refractivity contribution in [3.8, 4) is 0 Å². The number of halogens is 1. The van der Waals surface area contributed by atoms with E-state index in [0.717, 1.165) is 19.5 Å². The van der Waals surface area contributed by atoms with E-state index in [1.807, 2.05) is 0 Å². The zero-order valence-corrected chi connectivity index (χ0v) is 14.4. The van der Waals surface area contributed by atoms with Gasteiger partial charge in [-0.3, -0.25) is 4.79 Å². The monoisotopic (exact) mass is 342 g/mol. The first-order valence-corrected chi connectivity index (χ1v) is 8.73. The fraction of sp³-hybridized carbons (Fsp3) is 0.421. The molecule has 1 N–H and O–H groups in total. The van der Waals surface area contributed by atoms with E-state index >= 15 is 0 Å². The van der Waals surface area contributed by atoms with Crippen molar-refractivity contribution < 1.29 is 9.18 Å². The van der Waals surface area contributed by atoms with Gasteiger partial charge in [0.15, 0.2) is 0 Å². The minimum atomic E-state index is -0.259. The molecule has 5 nitrogen and oxygen atoms in total. The highest BCUT2D eigenvalue weighted by molar-refractivity contribution is 5.92. The quantitative estimate of drug-likeness (QED) is 0.908. The van der Waals surface area contributed by atoms with Gasteiger partial charge < -0.3 is 10.2 Å². The van der Waals surface area contributed by atoms with Crippen LogP contribution in [0.4, 0.5) is 10.3 Å². The maximum Gasteiger partial charge on any atom is 0.270 e. The second-order valence-electron chi connectivity index (χ2n) is 6.53. The lowest BCUT2D eigenvalue weighted by atomic mass is 10.0. The summed E-state index contributed by atoms with van der Waals surface area (Å²) in [4.78, 5) is 23.1. The molecule has 3 rings (SSSR count). The molecular weight excluding hydrogens is 319 g/mol. The Balaban J connectivity index is 1.59. The Morgan fingerprint density at radius 2 is 2.20 bits per heavy atom. The van der Waals surface area contributed by atoms with E-state index in [1.165, 1.54) is 12.5 Å². The van der Waals surface area contributed by atoms with Crippen LogP contribution in [0, 0.1) is 11.7 Å². The van der Waals surface area contributed by atoms with Gasteiger partial charge in [0.25, 0.3) is 5.91 Å². The van der Waals surface area contributed by atoms with Gasteiger partial charge in [0.05, 0.1) is 0 Å². The van der Waals surface area contributed by atoms with Crippen LogP contribution in [0.5, 0.6) is 0 Å². The van der Waals surface area contributed by atoms with Crippen molar-refractivity contribution in [1.82, 2.24) is 15.3 Å². The number of anilines is 1. The summed E-state index contributed by atoms with van der Waals surface area (Å²) in [7, 11) is 0. The first-order chi connectivity index (χ1) is 12.1. The van der Waals surface area contributed by atoms with E-state index in [2.05, 4.69) is 27.1 Å². The summed E-state index contributed by atoms with van der Waals surface area (Å²) in [6.45, 7) is 4.41. The lowest BCUT2D eigenvalue weighted by Gasteiger charge is -2.30. The summed E-state index contributed by atoms with van der Waals surface area (Å²) in [6.07, 6.45) is 4.39. The first kappa shape index (κ1) is 17.3. The Bertz CT molecular complexity index is 737. The van der Waals surface area contributed by atoms with Gasteiger partial charge in [-0.2, -0.15) is 0 Å². The van der Waals surface area contributed by atoms with Crippen LogP contribution in [0.1, 0.15) is 35.8 Å². The van der Waals surface area contributed by atoms with Crippen molar-refractivity contribution in [2.45, 2.75) is 26.2 Å². The molecule has 1 unspecified atom stereocenters. The number of nitrogens with zero attached hydrogens (tertiary/aromatic N) is 3. The predicted molar refractivity (Wildman–Crippen MR) is 95.1 cm³/mol. The van der Waals surface area contributed by atoms with Crippen molar-refractivity contribution in [1.29, 1.82) is 0 Å². The normalized spacial score (nSPS) is 17.4. The van der Waals surface area contributed by atoms with Gasteiger partial charge in [0.2, 0.25) is 5.95 Å². The number of carbonyl (C=O) groups is 1. The van der Waals surface area contributed by atoms with Gasteiger partial charge in [-0.05, 0) is 42.9 Å². The van der Waals surface area contributed by atoms with Crippen molar-refractivity contribution in [3.05, 3.63) is 53.6 Å². The van der Waals surface area contributed by atoms with Gasteiger partial charge in [-0.25, -0.2) is 14.4 Å². The number of hydrogen-bond acceptors (Lipinski definition) is 4. The molecule has 0 radical (unpaired) electrons. The molecule has 6 heteroatoms. The van der Waals surface area contributed by atoms with E-state index in [4.69, 9.17) is 0 Å². The molecule has 0 saturated carbocycles. The number of aromatic nitrogens is 2. The maximum absolute atomic E-state index is 13.6. The summed E-state index contributed by atoms with van der Waals surface area (Å²) >= 11 is 0. The average molecular weight is 342 g/mol. The number of carbonyl (C=O) groups excluding carboxylic acids is 1. The van der Waals surface area contributed by atoms with Gasteiger partial charge >= 0.3 is 0 Å². The summed E-state index contributed by atoms with van der Waals surface area (Å²) in [6, 6.07) is 8.20. The van der Waals surface area contributed by atoms with E-state index in [-0.39, 0.29) is 11.7 Å². The Labute approximate surface area is 147 Å². The van der Waals surface area contributed by atoms with Gasteiger partial charge in [0.1, 0.15) is 11.5 Å². The smallest absolute Gasteiger partial charge is 0.270 e. The summed E-state index contributed by atoms with van der Waals surface area (Å²) in [5.41, 5.74) is 0.935. The highest BCUT2D eigenvalue weighted by atomic mass is 19.1. The van der Waals surface area contributed by atoms with Crippen LogP contribution >= 0.6 is 0 Å². The molecule has 0 bridgehead atoms. The molecule has 2 heterocycles. The topological polar surface area (TPSA) is 58.1 Å². The van der Waals surface area contributed by atoms with Crippen LogP contribution in [0.25, 0.3) is 0 Å². The number of benzene rings is 1. The number of piperidine rings is 1. The standard InChI is InChI=1S/C19H23FN4O/c1-14-5-4-12-24(13-14)19-22-11-9-17(23-19)18(25)21-10-8-15-6-2-3-7-16(15)20/h2-3,6-7,9,11,14H,4-5,8,10,12-13H2,1H3,(H,21,25). The van der Waals surface area contributed by atoms with Gasteiger partial charge in [-0.1, -0.05) is 25.1 Å². The Morgan fingerprint density at radius 3 is 3.00 bits per heavy atom. The van der Waals surface area contributed by atoms with Gasteiger partial charge in [0, 0.05) is 25.8 Å². The highest BCUT2D eigenvalue weighted by Gasteiger charge is 2.19. The van der Waals surface area contributed by atoms with Crippen LogP contribution < -0.4 is 10.2 Å². The second kappa shape index (κ2) is 8.05. The Morgan fingerprint density at radius 1 is 1.36 bits per heavy atom.